The highest BCUT2D eigenvalue weighted by Gasteiger charge is 2.20. The lowest BCUT2D eigenvalue weighted by Crippen LogP contribution is -2.34. The van der Waals surface area contributed by atoms with E-state index in [4.69, 9.17) is 18.9 Å². The fourth-order valence-electron chi connectivity index (χ4n) is 4.19. The highest BCUT2D eigenvalue weighted by Crippen LogP contribution is 2.32. The lowest BCUT2D eigenvalue weighted by atomic mass is 10.1. The Morgan fingerprint density at radius 2 is 1.35 bits per heavy atom. The molecule has 0 atom stereocenters. The summed E-state index contributed by atoms with van der Waals surface area (Å²) >= 11 is 0. The molecule has 40 heavy (non-hydrogen) atoms. The van der Waals surface area contributed by atoms with Gasteiger partial charge in [0.2, 0.25) is 0 Å². The molecule has 0 radical (unpaired) electrons. The Labute approximate surface area is 241 Å². The van der Waals surface area contributed by atoms with Crippen molar-refractivity contribution in [3.63, 3.8) is 0 Å². The Morgan fingerprint density at radius 1 is 0.775 bits per heavy atom. The molecule has 0 heterocycles. The predicted molar refractivity (Wildman–Crippen MR) is 157 cm³/mol. The van der Waals surface area contributed by atoms with Crippen molar-refractivity contribution in [2.45, 2.75) is 12.8 Å². The minimum atomic E-state index is -0.488. The van der Waals surface area contributed by atoms with Crippen LogP contribution in [0.1, 0.15) is 22.3 Å². The van der Waals surface area contributed by atoms with Crippen molar-refractivity contribution < 1.29 is 28.7 Å². The Morgan fingerprint density at radius 3 is 1.93 bits per heavy atom. The van der Waals surface area contributed by atoms with Gasteiger partial charge in [0.1, 0.15) is 0 Å². The van der Waals surface area contributed by atoms with E-state index in [0.717, 1.165) is 25.1 Å². The van der Waals surface area contributed by atoms with Crippen LogP contribution in [0.5, 0.6) is 23.0 Å². The van der Waals surface area contributed by atoms with Crippen LogP contribution in [0, 0.1) is 10.1 Å². The fraction of sp³-hybridized carbons (Fsp3) is 0.345. The molecule has 216 valence electrons. The molecule has 0 aliphatic carbocycles. The standard InChI is InChI=1S/C29H35N3O7.ClH/c1-30(18-15-21-7-13-25(36-2)27(19-21)38-4)16-6-17-31(24-12-14-26(37-3)28(20-24)39-5)29(33)22-8-10-23(11-9-22)32(34)35;/h7-14,19-20H,6,15-18H2,1-5H3;1H. The summed E-state index contributed by atoms with van der Waals surface area (Å²) in [5.74, 6) is 2.20. The van der Waals surface area contributed by atoms with Crippen LogP contribution in [0.4, 0.5) is 11.4 Å². The van der Waals surface area contributed by atoms with Crippen molar-refractivity contribution in [1.82, 2.24) is 4.90 Å². The second kappa shape index (κ2) is 15.5. The molecule has 0 spiro atoms. The average molecular weight is 574 g/mol. The zero-order chi connectivity index (χ0) is 28.4. The Balaban J connectivity index is 0.00000560. The van der Waals surface area contributed by atoms with Crippen LogP contribution in [-0.2, 0) is 6.42 Å². The van der Waals surface area contributed by atoms with Crippen molar-refractivity contribution in [2.75, 3.05) is 60.0 Å². The van der Waals surface area contributed by atoms with Gasteiger partial charge in [0.15, 0.2) is 23.0 Å². The van der Waals surface area contributed by atoms with Gasteiger partial charge in [-0.25, -0.2) is 0 Å². The van der Waals surface area contributed by atoms with E-state index < -0.39 is 4.92 Å². The van der Waals surface area contributed by atoms with E-state index in [1.54, 1.807) is 44.4 Å². The summed E-state index contributed by atoms with van der Waals surface area (Å²) in [4.78, 5) is 28.0. The molecule has 0 aliphatic rings. The van der Waals surface area contributed by atoms with Gasteiger partial charge in [-0.15, -0.1) is 12.4 Å². The maximum atomic E-state index is 13.5. The van der Waals surface area contributed by atoms with E-state index in [-0.39, 0.29) is 24.0 Å². The van der Waals surface area contributed by atoms with Crippen LogP contribution < -0.4 is 23.8 Å². The first-order valence-electron chi connectivity index (χ1n) is 12.5. The van der Waals surface area contributed by atoms with Gasteiger partial charge in [-0.3, -0.25) is 14.9 Å². The number of nitro benzene ring substituents is 1. The first-order valence-corrected chi connectivity index (χ1v) is 12.5. The van der Waals surface area contributed by atoms with Crippen LogP contribution in [0.3, 0.4) is 0 Å². The zero-order valence-electron chi connectivity index (χ0n) is 23.4. The molecule has 0 saturated heterocycles. The number of halogens is 1. The number of non-ortho nitro benzene ring substituents is 1. The molecule has 0 aromatic heterocycles. The zero-order valence-corrected chi connectivity index (χ0v) is 24.2. The van der Waals surface area contributed by atoms with Gasteiger partial charge in [-0.1, -0.05) is 6.07 Å². The normalized spacial score (nSPS) is 10.4. The molecule has 0 bridgehead atoms. The summed E-state index contributed by atoms with van der Waals surface area (Å²) in [6, 6.07) is 16.8. The van der Waals surface area contributed by atoms with Gasteiger partial charge in [-0.2, -0.15) is 0 Å². The van der Waals surface area contributed by atoms with E-state index in [9.17, 15) is 14.9 Å². The molecule has 1 amide bonds. The number of methoxy groups -OCH3 is 4. The maximum absolute atomic E-state index is 13.5. The second-order valence-corrected chi connectivity index (χ2v) is 8.90. The first kappa shape index (κ1) is 32.2. The van der Waals surface area contributed by atoms with Crippen molar-refractivity contribution >= 4 is 29.7 Å². The molecule has 11 heteroatoms. The Kier molecular flexibility index (Phi) is 12.5. The van der Waals surface area contributed by atoms with E-state index in [1.165, 1.54) is 31.4 Å². The van der Waals surface area contributed by atoms with Crippen LogP contribution in [-0.4, -0.2) is 70.9 Å². The number of hydrogen-bond acceptors (Lipinski definition) is 8. The minimum Gasteiger partial charge on any atom is -0.493 e. The molecule has 0 saturated carbocycles. The monoisotopic (exact) mass is 573 g/mol. The number of hydrogen-bond donors (Lipinski definition) is 0. The van der Waals surface area contributed by atoms with E-state index in [2.05, 4.69) is 4.90 Å². The first-order chi connectivity index (χ1) is 18.8. The largest absolute Gasteiger partial charge is 0.493 e. The molecule has 0 aliphatic heterocycles. The number of amides is 1. The highest BCUT2D eigenvalue weighted by molar-refractivity contribution is 6.06. The van der Waals surface area contributed by atoms with E-state index >= 15 is 0 Å². The third-order valence-corrected chi connectivity index (χ3v) is 6.40. The number of nitrogens with zero attached hydrogens (tertiary/aromatic N) is 3. The van der Waals surface area contributed by atoms with Crippen LogP contribution in [0.15, 0.2) is 60.7 Å². The van der Waals surface area contributed by atoms with E-state index in [1.807, 2.05) is 25.2 Å². The fourth-order valence-corrected chi connectivity index (χ4v) is 4.19. The molecule has 0 unspecified atom stereocenters. The summed E-state index contributed by atoms with van der Waals surface area (Å²) in [6.45, 7) is 2.01. The maximum Gasteiger partial charge on any atom is 0.269 e. The van der Waals surface area contributed by atoms with Gasteiger partial charge < -0.3 is 28.7 Å². The van der Waals surface area contributed by atoms with Gasteiger partial charge in [0, 0.05) is 42.5 Å². The smallest absolute Gasteiger partial charge is 0.269 e. The van der Waals surface area contributed by atoms with Crippen LogP contribution in [0.25, 0.3) is 0 Å². The van der Waals surface area contributed by atoms with Crippen molar-refractivity contribution in [1.29, 1.82) is 0 Å². The number of carbonyl (C=O) groups excluding carboxylic acids is 1. The number of carbonyl (C=O) groups is 1. The molecule has 3 aromatic carbocycles. The van der Waals surface area contributed by atoms with E-state index in [0.29, 0.717) is 47.2 Å². The second-order valence-electron chi connectivity index (χ2n) is 8.90. The van der Waals surface area contributed by atoms with Crippen molar-refractivity contribution in [3.8, 4) is 23.0 Å². The van der Waals surface area contributed by atoms with Gasteiger partial charge in [0.05, 0.1) is 33.4 Å². The Bertz CT molecular complexity index is 1270. The summed E-state index contributed by atoms with van der Waals surface area (Å²) in [5, 5.41) is 11.0. The number of anilines is 1. The number of benzene rings is 3. The number of ether oxygens (including phenoxy) is 4. The number of nitro groups is 1. The predicted octanol–water partition coefficient (Wildman–Crippen LogP) is 5.26. The highest BCUT2D eigenvalue weighted by atomic mass is 35.5. The number of likely N-dealkylation sites (N-methyl/N-ethyl adjacent to an activating group) is 1. The third-order valence-electron chi connectivity index (χ3n) is 6.40. The molecule has 10 nitrogen and oxygen atoms in total. The lowest BCUT2D eigenvalue weighted by Gasteiger charge is -2.25. The summed E-state index contributed by atoms with van der Waals surface area (Å²) in [6.07, 6.45) is 1.54. The summed E-state index contributed by atoms with van der Waals surface area (Å²) in [7, 11) is 8.37. The molecule has 3 rings (SSSR count). The summed E-state index contributed by atoms with van der Waals surface area (Å²) < 4.78 is 21.5. The molecular formula is C29H36ClN3O7. The average Bonchev–Trinajstić information content (AvgIpc) is 2.97. The minimum absolute atomic E-state index is 0. The molecule has 0 N–H and O–H groups in total. The lowest BCUT2D eigenvalue weighted by molar-refractivity contribution is -0.384. The van der Waals surface area contributed by atoms with Crippen molar-refractivity contribution in [3.05, 3.63) is 81.9 Å². The molecule has 3 aromatic rings. The van der Waals surface area contributed by atoms with Crippen LogP contribution >= 0.6 is 12.4 Å². The Hall–Kier alpha value is -4.02. The molecular weight excluding hydrogens is 538 g/mol. The number of rotatable bonds is 14. The molecule has 0 fully saturated rings. The SMILES string of the molecule is COc1ccc(CCN(C)CCCN(C(=O)c2ccc([N+](=O)[O-])cc2)c2ccc(OC)c(OC)c2)cc1OC.Cl. The van der Waals surface area contributed by atoms with Crippen molar-refractivity contribution in [2.24, 2.45) is 0 Å². The topological polar surface area (TPSA) is 104 Å². The van der Waals surface area contributed by atoms with Gasteiger partial charge >= 0.3 is 0 Å². The third kappa shape index (κ3) is 8.24. The van der Waals surface area contributed by atoms with Gasteiger partial charge in [-0.05, 0) is 68.4 Å². The quantitative estimate of drug-likeness (QED) is 0.190. The van der Waals surface area contributed by atoms with Gasteiger partial charge in [0.25, 0.3) is 11.6 Å². The van der Waals surface area contributed by atoms with Crippen LogP contribution in [0.2, 0.25) is 0 Å². The summed E-state index contributed by atoms with van der Waals surface area (Å²) in [5.41, 5.74) is 2.07.